The second kappa shape index (κ2) is 7.82. The van der Waals surface area contributed by atoms with Crippen molar-refractivity contribution < 1.29 is 12.8 Å². The topological polar surface area (TPSA) is 52.6 Å². The average molecular weight is 398 g/mol. The summed E-state index contributed by atoms with van der Waals surface area (Å²) in [6.45, 7) is 3.87. The molecule has 0 aliphatic carbocycles. The van der Waals surface area contributed by atoms with Gasteiger partial charge in [0.2, 0.25) is 10.0 Å². The van der Waals surface area contributed by atoms with Crippen molar-refractivity contribution in [2.24, 2.45) is 0 Å². The van der Waals surface area contributed by atoms with E-state index in [1.165, 1.54) is 18.2 Å². The highest BCUT2D eigenvalue weighted by Crippen LogP contribution is 2.24. The number of piperazine rings is 1. The maximum absolute atomic E-state index is 13.8. The minimum absolute atomic E-state index is 0.0317. The molecule has 1 N–H and O–H groups in total. The van der Waals surface area contributed by atoms with Crippen LogP contribution in [0.15, 0.2) is 42.5 Å². The van der Waals surface area contributed by atoms with Gasteiger partial charge in [0.05, 0.1) is 5.75 Å². The third kappa shape index (κ3) is 4.66. The number of halogens is 2. The number of nitrogens with one attached hydrogen (secondary N) is 1. The number of likely N-dealkylation sites (N-methyl/N-ethyl adjacent to an activating group) is 1. The molecule has 1 fully saturated rings. The predicted octanol–water partition coefficient (Wildman–Crippen LogP) is 3.17. The Morgan fingerprint density at radius 1 is 1.08 bits per heavy atom. The molecule has 5 nitrogen and oxygen atoms in total. The van der Waals surface area contributed by atoms with Crippen LogP contribution in [0.2, 0.25) is 5.02 Å². The number of sulfonamides is 1. The number of hydrogen-bond acceptors (Lipinski definition) is 4. The first-order valence-corrected chi connectivity index (χ1v) is 10.3. The smallest absolute Gasteiger partial charge is 0.237 e. The Labute approximate surface area is 158 Å². The molecular formula is C18H21ClFN3O2S. The van der Waals surface area contributed by atoms with Gasteiger partial charge in [-0.3, -0.25) is 4.72 Å². The Morgan fingerprint density at radius 2 is 1.73 bits per heavy atom. The van der Waals surface area contributed by atoms with Crippen molar-refractivity contribution in [2.75, 3.05) is 42.8 Å². The van der Waals surface area contributed by atoms with Crippen LogP contribution in [0.1, 0.15) is 5.56 Å². The molecule has 8 heteroatoms. The van der Waals surface area contributed by atoms with E-state index in [4.69, 9.17) is 11.6 Å². The van der Waals surface area contributed by atoms with Crippen LogP contribution in [-0.2, 0) is 15.8 Å². The van der Waals surface area contributed by atoms with E-state index in [2.05, 4.69) is 21.6 Å². The Bertz CT molecular complexity index is 846. The highest BCUT2D eigenvalue weighted by atomic mass is 35.5. The summed E-state index contributed by atoms with van der Waals surface area (Å²) in [6.07, 6.45) is 0. The van der Waals surface area contributed by atoms with Crippen LogP contribution in [-0.4, -0.2) is 46.5 Å². The number of hydrogen-bond donors (Lipinski definition) is 1. The lowest BCUT2D eigenvalue weighted by Gasteiger charge is -2.34. The Morgan fingerprint density at radius 3 is 2.35 bits per heavy atom. The highest BCUT2D eigenvalue weighted by molar-refractivity contribution is 7.91. The molecule has 0 spiro atoms. The highest BCUT2D eigenvalue weighted by Gasteiger charge is 2.18. The summed E-state index contributed by atoms with van der Waals surface area (Å²) in [5, 5.41) is 0.0980. The molecular weight excluding hydrogens is 377 g/mol. The third-order valence-electron chi connectivity index (χ3n) is 4.41. The van der Waals surface area contributed by atoms with Gasteiger partial charge in [0.15, 0.2) is 0 Å². The molecule has 0 aromatic heterocycles. The summed E-state index contributed by atoms with van der Waals surface area (Å²) in [6, 6.07) is 11.3. The summed E-state index contributed by atoms with van der Waals surface area (Å²) in [4.78, 5) is 4.53. The number of anilines is 2. The minimum Gasteiger partial charge on any atom is -0.369 e. The molecule has 0 radical (unpaired) electrons. The van der Waals surface area contributed by atoms with Crippen molar-refractivity contribution in [3.63, 3.8) is 0 Å². The number of rotatable bonds is 5. The molecule has 140 valence electrons. The zero-order valence-corrected chi connectivity index (χ0v) is 16.0. The lowest BCUT2D eigenvalue weighted by atomic mass is 10.2. The van der Waals surface area contributed by atoms with Crippen LogP contribution in [0.5, 0.6) is 0 Å². The fourth-order valence-electron chi connectivity index (χ4n) is 2.88. The molecule has 0 unspecified atom stereocenters. The fraction of sp³-hybridized carbons (Fsp3) is 0.333. The van der Waals surface area contributed by atoms with E-state index in [1.54, 1.807) is 12.1 Å². The summed E-state index contributed by atoms with van der Waals surface area (Å²) in [5.41, 5.74) is 1.46. The van der Waals surface area contributed by atoms with E-state index in [-0.39, 0.29) is 10.6 Å². The van der Waals surface area contributed by atoms with Gasteiger partial charge in [-0.05, 0) is 43.4 Å². The molecule has 1 heterocycles. The van der Waals surface area contributed by atoms with Gasteiger partial charge >= 0.3 is 0 Å². The van der Waals surface area contributed by atoms with E-state index in [0.717, 1.165) is 31.9 Å². The first kappa shape index (κ1) is 18.9. The van der Waals surface area contributed by atoms with E-state index in [1.807, 2.05) is 12.1 Å². The second-order valence-corrected chi connectivity index (χ2v) is 8.53. The molecule has 26 heavy (non-hydrogen) atoms. The van der Waals surface area contributed by atoms with Crippen LogP contribution in [0, 0.1) is 5.82 Å². The Hall–Kier alpha value is -1.83. The normalized spacial score (nSPS) is 15.9. The van der Waals surface area contributed by atoms with Gasteiger partial charge in [-0.1, -0.05) is 17.7 Å². The van der Waals surface area contributed by atoms with Crippen molar-refractivity contribution in [3.8, 4) is 0 Å². The Kier molecular flexibility index (Phi) is 5.70. The molecule has 0 saturated carbocycles. The molecule has 3 rings (SSSR count). The van der Waals surface area contributed by atoms with Crippen LogP contribution in [0.3, 0.4) is 0 Å². The fourth-order valence-corrected chi connectivity index (χ4v) is 4.43. The molecule has 1 aliphatic rings. The van der Waals surface area contributed by atoms with Crippen molar-refractivity contribution in [1.82, 2.24) is 4.90 Å². The van der Waals surface area contributed by atoms with E-state index < -0.39 is 21.6 Å². The standard InChI is InChI=1S/C18H21ClFN3O2S/c1-22-9-11-23(12-10-22)15-7-5-14(6-8-15)21-26(24,25)13-16-17(19)3-2-4-18(16)20/h2-8,21H,9-13H2,1H3. The third-order valence-corrected chi connectivity index (χ3v) is 5.97. The largest absolute Gasteiger partial charge is 0.369 e. The molecule has 0 atom stereocenters. The second-order valence-electron chi connectivity index (χ2n) is 6.40. The molecule has 1 aliphatic heterocycles. The Balaban J connectivity index is 1.68. The molecule has 2 aromatic carbocycles. The van der Waals surface area contributed by atoms with Crippen LogP contribution < -0.4 is 9.62 Å². The number of benzene rings is 2. The van der Waals surface area contributed by atoms with Crippen LogP contribution in [0.25, 0.3) is 0 Å². The summed E-state index contributed by atoms with van der Waals surface area (Å²) in [7, 11) is -1.68. The molecule has 2 aromatic rings. The average Bonchev–Trinajstić information content (AvgIpc) is 2.59. The minimum atomic E-state index is -3.77. The van der Waals surface area contributed by atoms with Gasteiger partial charge in [-0.25, -0.2) is 12.8 Å². The summed E-state index contributed by atoms with van der Waals surface area (Å²) in [5.74, 6) is -1.15. The van der Waals surface area contributed by atoms with Crippen molar-refractivity contribution in [3.05, 3.63) is 58.9 Å². The van der Waals surface area contributed by atoms with E-state index >= 15 is 0 Å². The van der Waals surface area contributed by atoms with Gasteiger partial charge in [0.1, 0.15) is 5.82 Å². The van der Waals surface area contributed by atoms with Gasteiger partial charge < -0.3 is 9.80 Å². The summed E-state index contributed by atoms with van der Waals surface area (Å²) < 4.78 is 41.0. The van der Waals surface area contributed by atoms with Gasteiger partial charge in [0, 0.05) is 48.1 Å². The SMILES string of the molecule is CN1CCN(c2ccc(NS(=O)(=O)Cc3c(F)cccc3Cl)cc2)CC1. The van der Waals surface area contributed by atoms with Gasteiger partial charge in [-0.2, -0.15) is 0 Å². The summed E-state index contributed by atoms with van der Waals surface area (Å²) >= 11 is 5.91. The molecule has 1 saturated heterocycles. The van der Waals surface area contributed by atoms with Gasteiger partial charge in [0.25, 0.3) is 0 Å². The van der Waals surface area contributed by atoms with Crippen molar-refractivity contribution in [2.45, 2.75) is 5.75 Å². The molecule has 0 bridgehead atoms. The first-order valence-electron chi connectivity index (χ1n) is 8.31. The monoisotopic (exact) mass is 397 g/mol. The first-order chi connectivity index (χ1) is 12.3. The van der Waals surface area contributed by atoms with Crippen molar-refractivity contribution in [1.29, 1.82) is 0 Å². The lowest BCUT2D eigenvalue weighted by molar-refractivity contribution is 0.313. The quantitative estimate of drug-likeness (QED) is 0.842. The van der Waals surface area contributed by atoms with Gasteiger partial charge in [-0.15, -0.1) is 0 Å². The predicted molar refractivity (Wildman–Crippen MR) is 104 cm³/mol. The maximum atomic E-state index is 13.8. The lowest BCUT2D eigenvalue weighted by Crippen LogP contribution is -2.44. The number of nitrogens with zero attached hydrogens (tertiary/aromatic N) is 2. The zero-order valence-electron chi connectivity index (χ0n) is 14.5. The van der Waals surface area contributed by atoms with Crippen molar-refractivity contribution >= 4 is 33.0 Å². The van der Waals surface area contributed by atoms with E-state index in [9.17, 15) is 12.8 Å². The maximum Gasteiger partial charge on any atom is 0.237 e. The van der Waals surface area contributed by atoms with E-state index in [0.29, 0.717) is 5.69 Å². The zero-order chi connectivity index (χ0) is 18.7. The molecule has 0 amide bonds. The van der Waals surface area contributed by atoms with Crippen LogP contribution in [0.4, 0.5) is 15.8 Å². The van der Waals surface area contributed by atoms with Crippen LogP contribution >= 0.6 is 11.6 Å².